The van der Waals surface area contributed by atoms with Gasteiger partial charge in [-0.2, -0.15) is 0 Å². The number of ether oxygens (including phenoxy) is 1. The molecule has 2 N–H and O–H groups in total. The minimum Gasteiger partial charge on any atom is -0.494 e. The number of para-hydroxylation sites is 1. The second-order valence-corrected chi connectivity index (χ2v) is 6.77. The van der Waals surface area contributed by atoms with Crippen molar-refractivity contribution >= 4 is 34.8 Å². The third-order valence-corrected chi connectivity index (χ3v) is 4.32. The van der Waals surface area contributed by atoms with E-state index in [0.717, 1.165) is 0 Å². The van der Waals surface area contributed by atoms with Crippen LogP contribution < -0.4 is 15.4 Å². The van der Waals surface area contributed by atoms with Crippen LogP contribution in [0, 0.1) is 0 Å². The molecule has 0 atom stereocenters. The molecule has 3 rings (SSSR count). The lowest BCUT2D eigenvalue weighted by atomic mass is 10.1. The van der Waals surface area contributed by atoms with Gasteiger partial charge in [0.2, 0.25) is 0 Å². The Bertz CT molecular complexity index is 1220. The van der Waals surface area contributed by atoms with Gasteiger partial charge in [0.25, 0.3) is 11.8 Å². The molecule has 10 nitrogen and oxygen atoms in total. The van der Waals surface area contributed by atoms with Gasteiger partial charge in [0.1, 0.15) is 5.69 Å². The summed E-state index contributed by atoms with van der Waals surface area (Å²) in [6.07, 6.45) is 2.81. The zero-order valence-electron chi connectivity index (χ0n) is 19.8. The molecule has 2 amide bonds. The molecule has 0 aliphatic carbocycles. The van der Waals surface area contributed by atoms with Gasteiger partial charge in [-0.1, -0.05) is 17.7 Å². The number of hydrogen-bond donors (Lipinski definition) is 2. The summed E-state index contributed by atoms with van der Waals surface area (Å²) < 4.78 is 27.3. The Balaban J connectivity index is 1.99. The topological polar surface area (TPSA) is 122 Å². The van der Waals surface area contributed by atoms with E-state index >= 15 is 0 Å². The third kappa shape index (κ3) is 4.69. The van der Waals surface area contributed by atoms with Crippen LogP contribution in [0.15, 0.2) is 36.7 Å². The first-order valence-corrected chi connectivity index (χ1v) is 9.22. The van der Waals surface area contributed by atoms with Crippen molar-refractivity contribution in [2.75, 3.05) is 33.5 Å². The van der Waals surface area contributed by atoms with E-state index in [-0.39, 0.29) is 28.1 Å². The van der Waals surface area contributed by atoms with Crippen molar-refractivity contribution in [2.24, 2.45) is 0 Å². The fraction of sp³-hybridized carbons (Fsp3) is 0.200. The van der Waals surface area contributed by atoms with Gasteiger partial charge in [-0.15, -0.1) is 10.2 Å². The van der Waals surface area contributed by atoms with E-state index in [1.54, 1.807) is 32.3 Å². The number of benzene rings is 1. The number of amides is 2. The van der Waals surface area contributed by atoms with Gasteiger partial charge in [-0.25, -0.2) is 4.98 Å². The highest BCUT2D eigenvalue weighted by molar-refractivity contribution is 6.29. The molecule has 0 aliphatic heterocycles. The number of anilines is 2. The molecule has 1 aromatic carbocycles. The number of aromatic nitrogens is 4. The second-order valence-electron chi connectivity index (χ2n) is 6.38. The number of methoxy groups -OCH3 is 1. The molecular formula is C20H20ClN7O3. The lowest BCUT2D eigenvalue weighted by molar-refractivity contribution is 0.0821. The fourth-order valence-electron chi connectivity index (χ4n) is 2.70. The van der Waals surface area contributed by atoms with E-state index < -0.39 is 12.9 Å². The molecule has 0 fully saturated rings. The molecule has 0 aliphatic rings. The van der Waals surface area contributed by atoms with E-state index in [0.29, 0.717) is 22.7 Å². The van der Waals surface area contributed by atoms with Crippen molar-refractivity contribution < 1.29 is 18.4 Å². The van der Waals surface area contributed by atoms with Crippen LogP contribution in [-0.2, 0) is 0 Å². The van der Waals surface area contributed by atoms with Crippen molar-refractivity contribution in [1.29, 1.82) is 0 Å². The van der Waals surface area contributed by atoms with Gasteiger partial charge < -0.3 is 20.3 Å². The van der Waals surface area contributed by atoms with Crippen molar-refractivity contribution in [2.45, 2.75) is 0 Å². The quantitative estimate of drug-likeness (QED) is 0.594. The molecule has 0 bridgehead atoms. The lowest BCUT2D eigenvalue weighted by Crippen LogP contribution is -2.22. The normalized spacial score (nSPS) is 12.2. The zero-order chi connectivity index (χ0) is 25.0. The predicted molar refractivity (Wildman–Crippen MR) is 116 cm³/mol. The summed E-state index contributed by atoms with van der Waals surface area (Å²) in [5.41, 5.74) is 1.40. The van der Waals surface area contributed by atoms with E-state index in [9.17, 15) is 9.59 Å². The first-order valence-electron chi connectivity index (χ1n) is 10.3. The zero-order valence-corrected chi connectivity index (χ0v) is 17.6. The Morgan fingerprint density at radius 1 is 1.16 bits per heavy atom. The maximum atomic E-state index is 12.4. The van der Waals surface area contributed by atoms with Gasteiger partial charge in [0, 0.05) is 36.8 Å². The summed E-state index contributed by atoms with van der Waals surface area (Å²) in [7, 11) is 4.67. The SMILES string of the molecule is [2H]C([2H])([2H])NC(=O)c1nnc(Cl)cc1Nc1cccc(-c2cnc(C(=O)N(C)C)cn2)c1OC. The van der Waals surface area contributed by atoms with Gasteiger partial charge in [-0.3, -0.25) is 14.6 Å². The lowest BCUT2D eigenvalue weighted by Gasteiger charge is -2.16. The van der Waals surface area contributed by atoms with Crippen LogP contribution in [0.1, 0.15) is 25.1 Å². The van der Waals surface area contributed by atoms with Gasteiger partial charge in [-0.05, 0) is 12.1 Å². The highest BCUT2D eigenvalue weighted by Gasteiger charge is 2.18. The van der Waals surface area contributed by atoms with Gasteiger partial charge in [0.15, 0.2) is 16.6 Å². The number of carbonyl (C=O) groups excluding carboxylic acids is 2. The largest absolute Gasteiger partial charge is 0.494 e. The van der Waals surface area contributed by atoms with Gasteiger partial charge >= 0.3 is 0 Å². The molecule has 11 heteroatoms. The van der Waals surface area contributed by atoms with Crippen LogP contribution in [0.5, 0.6) is 5.75 Å². The molecular weight excluding hydrogens is 422 g/mol. The maximum Gasteiger partial charge on any atom is 0.273 e. The van der Waals surface area contributed by atoms with E-state index in [2.05, 4.69) is 25.5 Å². The Kier molecular flexibility index (Phi) is 5.43. The predicted octanol–water partition coefficient (Wildman–Crippen LogP) is 2.40. The third-order valence-electron chi connectivity index (χ3n) is 4.13. The highest BCUT2D eigenvalue weighted by Crippen LogP contribution is 2.37. The Morgan fingerprint density at radius 3 is 2.61 bits per heavy atom. The molecule has 0 saturated heterocycles. The van der Waals surface area contributed by atoms with Crippen LogP contribution in [0.3, 0.4) is 0 Å². The molecule has 0 radical (unpaired) electrons. The average molecular weight is 445 g/mol. The van der Waals surface area contributed by atoms with Crippen LogP contribution >= 0.6 is 11.6 Å². The molecule has 0 saturated carbocycles. The summed E-state index contributed by atoms with van der Waals surface area (Å²) in [5, 5.41) is 12.2. The van der Waals surface area contributed by atoms with Crippen LogP contribution in [-0.4, -0.2) is 65.1 Å². The average Bonchev–Trinajstić information content (AvgIpc) is 2.77. The summed E-state index contributed by atoms with van der Waals surface area (Å²) in [5.74, 6) is -0.904. The van der Waals surface area contributed by atoms with Gasteiger partial charge in [0.05, 0.1) is 36.6 Å². The van der Waals surface area contributed by atoms with E-state index in [1.165, 1.54) is 30.5 Å². The first-order chi connectivity index (χ1) is 16.0. The monoisotopic (exact) mass is 444 g/mol. The van der Waals surface area contributed by atoms with Crippen LogP contribution in [0.4, 0.5) is 11.4 Å². The molecule has 2 heterocycles. The minimum absolute atomic E-state index is 0.0185. The number of hydrogen-bond acceptors (Lipinski definition) is 8. The van der Waals surface area contributed by atoms with Crippen molar-refractivity contribution in [3.05, 3.63) is 53.2 Å². The molecule has 160 valence electrons. The summed E-state index contributed by atoms with van der Waals surface area (Å²) in [4.78, 5) is 34.4. The number of carbonyl (C=O) groups is 2. The molecule has 2 aromatic heterocycles. The fourth-order valence-corrected chi connectivity index (χ4v) is 2.85. The molecule has 3 aromatic rings. The number of nitrogens with one attached hydrogen (secondary N) is 2. The van der Waals surface area contributed by atoms with Crippen LogP contribution in [0.2, 0.25) is 5.15 Å². The first kappa shape index (κ1) is 18.0. The maximum absolute atomic E-state index is 12.4. The van der Waals surface area contributed by atoms with Crippen molar-refractivity contribution in [3.8, 4) is 17.0 Å². The van der Waals surface area contributed by atoms with Crippen molar-refractivity contribution in [3.63, 3.8) is 0 Å². The van der Waals surface area contributed by atoms with Crippen LogP contribution in [0.25, 0.3) is 11.3 Å². The molecule has 0 unspecified atom stereocenters. The standard InChI is InChI=1S/C20H20ClN7O3/c1-22-19(29)17-13(8-16(21)26-27-17)25-12-7-5-6-11(18(12)31-4)14-9-24-15(10-23-14)20(30)28(2)3/h5-10H,1-4H3,(H,22,29)(H,25,26)/i1D3. The Labute approximate surface area is 187 Å². The van der Waals surface area contributed by atoms with Crippen molar-refractivity contribution in [1.82, 2.24) is 30.4 Å². The molecule has 0 spiro atoms. The Morgan fingerprint density at radius 2 is 1.97 bits per heavy atom. The highest BCUT2D eigenvalue weighted by atomic mass is 35.5. The van der Waals surface area contributed by atoms with E-state index in [4.69, 9.17) is 20.5 Å². The number of nitrogens with zero attached hydrogens (tertiary/aromatic N) is 5. The Hall–Kier alpha value is -3.79. The summed E-state index contributed by atoms with van der Waals surface area (Å²) in [6.45, 7) is -2.72. The number of rotatable bonds is 6. The number of halogens is 1. The summed E-state index contributed by atoms with van der Waals surface area (Å²) in [6, 6.07) is 6.44. The smallest absolute Gasteiger partial charge is 0.273 e. The summed E-state index contributed by atoms with van der Waals surface area (Å²) >= 11 is 5.95. The second kappa shape index (κ2) is 9.35. The minimum atomic E-state index is -2.72. The van der Waals surface area contributed by atoms with E-state index in [1.807, 2.05) is 5.32 Å². The molecule has 31 heavy (non-hydrogen) atoms.